The van der Waals surface area contributed by atoms with Gasteiger partial charge < -0.3 is 19.9 Å². The third kappa shape index (κ3) is 4.53. The van der Waals surface area contributed by atoms with E-state index in [0.717, 1.165) is 23.4 Å². The van der Waals surface area contributed by atoms with Gasteiger partial charge in [0.25, 0.3) is 0 Å². The molecule has 1 heterocycles. The maximum absolute atomic E-state index is 11.6. The van der Waals surface area contributed by atoms with Gasteiger partial charge in [0.15, 0.2) is 0 Å². The minimum absolute atomic E-state index is 0. The summed E-state index contributed by atoms with van der Waals surface area (Å²) in [6, 6.07) is 17.7. The van der Waals surface area contributed by atoms with Crippen LogP contribution in [0.2, 0.25) is 0 Å². The normalized spacial score (nSPS) is 19.5. The fourth-order valence-electron chi connectivity index (χ4n) is 3.24. The van der Waals surface area contributed by atoms with E-state index in [-0.39, 0.29) is 18.5 Å². The molecular weight excluding hydrogens is 338 g/mol. The molecule has 2 N–H and O–H groups in total. The Morgan fingerprint density at radius 1 is 1.16 bits per heavy atom. The van der Waals surface area contributed by atoms with Gasteiger partial charge in [-0.2, -0.15) is 0 Å². The lowest BCUT2D eigenvalue weighted by atomic mass is 9.81. The molecule has 1 unspecified atom stereocenters. The van der Waals surface area contributed by atoms with Gasteiger partial charge in [0.05, 0.1) is 13.2 Å². The number of morpholine rings is 1. The number of hydrogen-bond acceptors (Lipinski definition) is 4. The third-order valence-corrected chi connectivity index (χ3v) is 4.47. The average Bonchev–Trinajstić information content (AvgIpc) is 2.65. The van der Waals surface area contributed by atoms with Crippen molar-refractivity contribution in [3.05, 3.63) is 65.7 Å². The summed E-state index contributed by atoms with van der Waals surface area (Å²) < 4.78 is 11.7. The van der Waals surface area contributed by atoms with E-state index in [1.807, 2.05) is 61.5 Å². The zero-order valence-electron chi connectivity index (χ0n) is 14.5. The lowest BCUT2D eigenvalue weighted by Gasteiger charge is -2.39. The number of rotatable bonds is 6. The van der Waals surface area contributed by atoms with Gasteiger partial charge in [-0.3, -0.25) is 0 Å². The van der Waals surface area contributed by atoms with Crippen molar-refractivity contribution in [2.75, 3.05) is 26.3 Å². The SMILES string of the molecule is CCOc1ccccc1C[C@@](O)(c1ccccc1)C1CNCCO1.Cl. The van der Waals surface area contributed by atoms with Crippen LogP contribution in [0, 0.1) is 0 Å². The third-order valence-electron chi connectivity index (χ3n) is 4.47. The van der Waals surface area contributed by atoms with Gasteiger partial charge in [-0.05, 0) is 24.1 Å². The minimum Gasteiger partial charge on any atom is -0.494 e. The molecule has 0 aromatic heterocycles. The smallest absolute Gasteiger partial charge is 0.122 e. The fourth-order valence-corrected chi connectivity index (χ4v) is 3.24. The van der Waals surface area contributed by atoms with E-state index >= 15 is 0 Å². The Kier molecular flexibility index (Phi) is 7.26. The van der Waals surface area contributed by atoms with Crippen molar-refractivity contribution in [2.45, 2.75) is 25.0 Å². The Hall–Kier alpha value is -1.59. The molecule has 25 heavy (non-hydrogen) atoms. The van der Waals surface area contributed by atoms with E-state index < -0.39 is 5.60 Å². The number of benzene rings is 2. The van der Waals surface area contributed by atoms with E-state index in [1.54, 1.807) is 0 Å². The van der Waals surface area contributed by atoms with Crippen LogP contribution >= 0.6 is 12.4 Å². The van der Waals surface area contributed by atoms with Crippen molar-refractivity contribution in [2.24, 2.45) is 0 Å². The molecule has 1 saturated heterocycles. The second-order valence-electron chi connectivity index (χ2n) is 6.07. The summed E-state index contributed by atoms with van der Waals surface area (Å²) in [6.45, 7) is 4.61. The van der Waals surface area contributed by atoms with Gasteiger partial charge in [-0.15, -0.1) is 12.4 Å². The molecule has 0 amide bonds. The minimum atomic E-state index is -1.11. The van der Waals surface area contributed by atoms with Gasteiger partial charge in [0, 0.05) is 19.5 Å². The van der Waals surface area contributed by atoms with E-state index in [2.05, 4.69) is 5.32 Å². The number of para-hydroxylation sites is 1. The zero-order chi connectivity index (χ0) is 16.8. The molecule has 136 valence electrons. The molecule has 3 rings (SSSR count). The summed E-state index contributed by atoms with van der Waals surface area (Å²) in [5.74, 6) is 0.818. The summed E-state index contributed by atoms with van der Waals surface area (Å²) in [5.41, 5.74) is 0.742. The lowest BCUT2D eigenvalue weighted by Crippen LogP contribution is -2.52. The molecule has 1 aliphatic heterocycles. The van der Waals surface area contributed by atoms with Crippen LogP contribution in [-0.4, -0.2) is 37.5 Å². The van der Waals surface area contributed by atoms with Crippen LogP contribution in [0.3, 0.4) is 0 Å². The van der Waals surface area contributed by atoms with E-state index in [0.29, 0.717) is 26.2 Å². The highest BCUT2D eigenvalue weighted by Crippen LogP contribution is 2.34. The first-order valence-electron chi connectivity index (χ1n) is 8.55. The van der Waals surface area contributed by atoms with Crippen LogP contribution in [0.25, 0.3) is 0 Å². The molecule has 0 aliphatic carbocycles. The number of ether oxygens (including phenoxy) is 2. The van der Waals surface area contributed by atoms with Gasteiger partial charge >= 0.3 is 0 Å². The summed E-state index contributed by atoms with van der Waals surface area (Å²) in [6.07, 6.45) is 0.142. The van der Waals surface area contributed by atoms with Gasteiger partial charge in [-0.1, -0.05) is 48.5 Å². The summed E-state index contributed by atoms with van der Waals surface area (Å²) >= 11 is 0. The molecule has 2 atom stereocenters. The first-order valence-corrected chi connectivity index (χ1v) is 8.55. The molecule has 1 aliphatic rings. The van der Waals surface area contributed by atoms with Gasteiger partial charge in [0.2, 0.25) is 0 Å². The standard InChI is InChI=1S/C20H25NO3.ClH/c1-2-23-18-11-7-6-8-16(18)14-20(22,17-9-4-3-5-10-17)19-15-21-12-13-24-19;/h3-11,19,21-22H,2,12-15H2,1H3;1H/t19?,20-;/m1./s1. The predicted octanol–water partition coefficient (Wildman–Crippen LogP) is 2.93. The number of hydrogen-bond donors (Lipinski definition) is 2. The summed E-state index contributed by atoms with van der Waals surface area (Å²) in [4.78, 5) is 0. The Bertz CT molecular complexity index is 646. The maximum atomic E-state index is 11.6. The summed E-state index contributed by atoms with van der Waals surface area (Å²) in [5, 5.41) is 15.0. The monoisotopic (exact) mass is 363 g/mol. The maximum Gasteiger partial charge on any atom is 0.122 e. The first kappa shape index (κ1) is 19.7. The second-order valence-corrected chi connectivity index (χ2v) is 6.07. The molecule has 2 aromatic carbocycles. The van der Waals surface area contributed by atoms with Crippen molar-refractivity contribution in [3.63, 3.8) is 0 Å². The van der Waals surface area contributed by atoms with Crippen LogP contribution < -0.4 is 10.1 Å². The predicted molar refractivity (Wildman–Crippen MR) is 102 cm³/mol. The molecule has 0 radical (unpaired) electrons. The van der Waals surface area contributed by atoms with Crippen LogP contribution in [0.15, 0.2) is 54.6 Å². The fraction of sp³-hybridized carbons (Fsp3) is 0.400. The molecule has 2 aromatic rings. The van der Waals surface area contributed by atoms with Crippen molar-refractivity contribution in [3.8, 4) is 5.75 Å². The number of halogens is 1. The average molecular weight is 364 g/mol. The lowest BCUT2D eigenvalue weighted by molar-refractivity contribution is -0.124. The Morgan fingerprint density at radius 2 is 1.88 bits per heavy atom. The number of aliphatic hydroxyl groups is 1. The molecule has 0 saturated carbocycles. The Balaban J connectivity index is 0.00000225. The van der Waals surface area contributed by atoms with Crippen LogP contribution in [0.5, 0.6) is 5.75 Å². The zero-order valence-corrected chi connectivity index (χ0v) is 15.3. The van der Waals surface area contributed by atoms with Crippen molar-refractivity contribution in [1.29, 1.82) is 0 Å². The van der Waals surface area contributed by atoms with Crippen molar-refractivity contribution in [1.82, 2.24) is 5.32 Å². The highest BCUT2D eigenvalue weighted by atomic mass is 35.5. The Labute approximate surface area is 155 Å². The van der Waals surface area contributed by atoms with Crippen molar-refractivity contribution < 1.29 is 14.6 Å². The molecule has 1 fully saturated rings. The van der Waals surface area contributed by atoms with E-state index in [9.17, 15) is 5.11 Å². The second kappa shape index (κ2) is 9.20. The molecule has 0 bridgehead atoms. The Morgan fingerprint density at radius 3 is 2.56 bits per heavy atom. The highest BCUT2D eigenvalue weighted by molar-refractivity contribution is 5.85. The van der Waals surface area contributed by atoms with Gasteiger partial charge in [-0.25, -0.2) is 0 Å². The largest absolute Gasteiger partial charge is 0.494 e. The molecular formula is C20H26ClNO3. The van der Waals surface area contributed by atoms with Gasteiger partial charge in [0.1, 0.15) is 17.5 Å². The van der Waals surface area contributed by atoms with Crippen molar-refractivity contribution >= 4 is 12.4 Å². The summed E-state index contributed by atoms with van der Waals surface area (Å²) in [7, 11) is 0. The van der Waals surface area contributed by atoms with Crippen LogP contribution in [-0.2, 0) is 16.8 Å². The van der Waals surface area contributed by atoms with E-state index in [1.165, 1.54) is 0 Å². The molecule has 4 nitrogen and oxygen atoms in total. The highest BCUT2D eigenvalue weighted by Gasteiger charge is 2.41. The quantitative estimate of drug-likeness (QED) is 0.828. The number of nitrogens with one attached hydrogen (secondary N) is 1. The van der Waals surface area contributed by atoms with Crippen LogP contribution in [0.4, 0.5) is 0 Å². The molecule has 5 heteroatoms. The molecule has 0 spiro atoms. The topological polar surface area (TPSA) is 50.7 Å². The first-order chi connectivity index (χ1) is 11.7. The van der Waals surface area contributed by atoms with E-state index in [4.69, 9.17) is 9.47 Å². The van der Waals surface area contributed by atoms with Crippen LogP contribution in [0.1, 0.15) is 18.1 Å².